The van der Waals surface area contributed by atoms with E-state index in [1.165, 1.54) is 18.2 Å². The zero-order valence-corrected chi connectivity index (χ0v) is 14.3. The van der Waals surface area contributed by atoms with Gasteiger partial charge in [-0.05, 0) is 23.7 Å². The Morgan fingerprint density at radius 3 is 2.46 bits per heavy atom. The van der Waals surface area contributed by atoms with Crippen molar-refractivity contribution >= 4 is 12.2 Å². The van der Waals surface area contributed by atoms with Crippen LogP contribution in [-0.2, 0) is 14.2 Å². The molecule has 0 aromatic heterocycles. The SMILES string of the molecule is [N-]=[N+]=NCCOCCOCCOCCNC(=O)c1ccc(O)c(C=O)c1. The van der Waals surface area contributed by atoms with E-state index in [1.807, 2.05) is 0 Å². The van der Waals surface area contributed by atoms with E-state index in [-0.39, 0.29) is 22.8 Å². The topological polar surface area (TPSA) is 143 Å². The third kappa shape index (κ3) is 9.00. The summed E-state index contributed by atoms with van der Waals surface area (Å²) in [5, 5.41) is 15.4. The van der Waals surface area contributed by atoms with E-state index < -0.39 is 0 Å². The van der Waals surface area contributed by atoms with Gasteiger partial charge < -0.3 is 24.6 Å². The highest BCUT2D eigenvalue weighted by atomic mass is 16.5. The number of benzene rings is 1. The number of hydrogen-bond acceptors (Lipinski definition) is 7. The molecule has 1 aromatic rings. The fourth-order valence-electron chi connectivity index (χ4n) is 1.82. The molecule has 10 heteroatoms. The number of azide groups is 1. The predicted octanol–water partition coefficient (Wildman–Crippen LogP) is 1.29. The van der Waals surface area contributed by atoms with Gasteiger partial charge in [0, 0.05) is 23.6 Å². The molecule has 1 amide bonds. The molecular formula is C16H22N4O6. The molecule has 0 heterocycles. The summed E-state index contributed by atoms with van der Waals surface area (Å²) in [6.07, 6.45) is 0.487. The number of amides is 1. The third-order valence-corrected chi connectivity index (χ3v) is 3.09. The predicted molar refractivity (Wildman–Crippen MR) is 92.3 cm³/mol. The lowest BCUT2D eigenvalue weighted by Gasteiger charge is -2.08. The second kappa shape index (κ2) is 13.6. The maximum Gasteiger partial charge on any atom is 0.251 e. The van der Waals surface area contributed by atoms with Crippen molar-refractivity contribution in [3.8, 4) is 5.75 Å². The molecule has 0 spiro atoms. The van der Waals surface area contributed by atoms with Crippen LogP contribution in [-0.4, -0.2) is 70.0 Å². The fourth-order valence-corrected chi connectivity index (χ4v) is 1.82. The van der Waals surface area contributed by atoms with Crippen LogP contribution in [0, 0.1) is 0 Å². The standard InChI is InChI=1S/C16H22N4O6/c17-20-19-4-6-25-8-10-26-9-7-24-5-3-18-16(23)13-1-2-15(22)14(11-13)12-21/h1-2,11-12,22H,3-10H2,(H,18,23). The lowest BCUT2D eigenvalue weighted by Crippen LogP contribution is -2.27. The van der Waals surface area contributed by atoms with Crippen LogP contribution in [0.4, 0.5) is 0 Å². The normalized spacial score (nSPS) is 10.2. The van der Waals surface area contributed by atoms with Gasteiger partial charge in [-0.1, -0.05) is 5.11 Å². The largest absolute Gasteiger partial charge is 0.507 e. The Morgan fingerprint density at radius 1 is 1.15 bits per heavy atom. The van der Waals surface area contributed by atoms with Crippen molar-refractivity contribution in [1.82, 2.24) is 5.32 Å². The van der Waals surface area contributed by atoms with Crippen molar-refractivity contribution in [2.24, 2.45) is 5.11 Å². The minimum atomic E-state index is -0.356. The number of nitrogens with zero attached hydrogens (tertiary/aromatic N) is 3. The lowest BCUT2D eigenvalue weighted by molar-refractivity contribution is 0.0166. The van der Waals surface area contributed by atoms with Crippen molar-refractivity contribution in [3.63, 3.8) is 0 Å². The molecule has 0 atom stereocenters. The number of hydrogen-bond donors (Lipinski definition) is 2. The van der Waals surface area contributed by atoms with Crippen LogP contribution in [0.25, 0.3) is 10.4 Å². The Hall–Kier alpha value is -2.65. The number of phenols is 1. The number of carbonyl (C=O) groups excluding carboxylic acids is 2. The van der Waals surface area contributed by atoms with Gasteiger partial charge in [0.05, 0.1) is 45.2 Å². The van der Waals surface area contributed by atoms with Crippen molar-refractivity contribution < 1.29 is 28.9 Å². The molecule has 0 radical (unpaired) electrons. The molecule has 1 aromatic carbocycles. The van der Waals surface area contributed by atoms with Gasteiger partial charge in [0.2, 0.25) is 0 Å². The van der Waals surface area contributed by atoms with Crippen molar-refractivity contribution in [3.05, 3.63) is 39.8 Å². The Balaban J connectivity index is 2.01. The summed E-state index contributed by atoms with van der Waals surface area (Å²) < 4.78 is 15.7. The molecular weight excluding hydrogens is 344 g/mol. The molecule has 0 saturated carbocycles. The number of ether oxygens (including phenoxy) is 3. The average Bonchev–Trinajstić information content (AvgIpc) is 2.65. The minimum Gasteiger partial charge on any atom is -0.507 e. The Labute approximate surface area is 150 Å². The van der Waals surface area contributed by atoms with Crippen LogP contribution in [0.2, 0.25) is 0 Å². The third-order valence-electron chi connectivity index (χ3n) is 3.09. The van der Waals surface area contributed by atoms with Gasteiger partial charge in [-0.15, -0.1) is 0 Å². The van der Waals surface area contributed by atoms with Crippen molar-refractivity contribution in [2.75, 3.05) is 52.7 Å². The summed E-state index contributed by atoms with van der Waals surface area (Å²) in [5.74, 6) is -0.521. The molecule has 2 N–H and O–H groups in total. The molecule has 0 aliphatic rings. The number of carbonyl (C=O) groups is 2. The summed E-state index contributed by atoms with van der Waals surface area (Å²) in [4.78, 5) is 25.2. The monoisotopic (exact) mass is 366 g/mol. The van der Waals surface area contributed by atoms with Gasteiger partial charge in [-0.3, -0.25) is 9.59 Å². The van der Waals surface area contributed by atoms with Crippen LogP contribution in [0.5, 0.6) is 5.75 Å². The lowest BCUT2D eigenvalue weighted by atomic mass is 10.1. The first-order valence-electron chi connectivity index (χ1n) is 7.99. The van der Waals surface area contributed by atoms with Gasteiger partial charge in [0.25, 0.3) is 5.91 Å². The van der Waals surface area contributed by atoms with Gasteiger partial charge >= 0.3 is 0 Å². The molecule has 0 unspecified atom stereocenters. The van der Waals surface area contributed by atoms with E-state index in [0.717, 1.165) is 0 Å². The van der Waals surface area contributed by atoms with Gasteiger partial charge in [-0.2, -0.15) is 0 Å². The first kappa shape index (κ1) is 21.4. The van der Waals surface area contributed by atoms with Crippen molar-refractivity contribution in [1.29, 1.82) is 0 Å². The highest BCUT2D eigenvalue weighted by Crippen LogP contribution is 2.16. The van der Waals surface area contributed by atoms with E-state index in [0.29, 0.717) is 59.0 Å². The molecule has 142 valence electrons. The second-order valence-corrected chi connectivity index (χ2v) is 4.94. The smallest absolute Gasteiger partial charge is 0.251 e. The summed E-state index contributed by atoms with van der Waals surface area (Å²) >= 11 is 0. The van der Waals surface area contributed by atoms with Gasteiger partial charge in [-0.25, -0.2) is 0 Å². The number of aldehydes is 1. The average molecular weight is 366 g/mol. The molecule has 0 aliphatic carbocycles. The van der Waals surface area contributed by atoms with E-state index in [9.17, 15) is 14.7 Å². The minimum absolute atomic E-state index is 0.0628. The van der Waals surface area contributed by atoms with E-state index in [4.69, 9.17) is 19.7 Å². The number of phenolic OH excluding ortho intramolecular Hbond substituents is 1. The Bertz CT molecular complexity index is 619. The summed E-state index contributed by atoms with van der Waals surface area (Å²) in [6.45, 7) is 2.88. The Morgan fingerprint density at radius 2 is 1.81 bits per heavy atom. The molecule has 0 aliphatic heterocycles. The van der Waals surface area contributed by atoms with Crippen molar-refractivity contribution in [2.45, 2.75) is 0 Å². The first-order chi connectivity index (χ1) is 12.7. The molecule has 10 nitrogen and oxygen atoms in total. The summed E-state index contributed by atoms with van der Waals surface area (Å²) in [7, 11) is 0. The number of aromatic hydroxyl groups is 1. The van der Waals surface area contributed by atoms with E-state index >= 15 is 0 Å². The van der Waals surface area contributed by atoms with Gasteiger partial charge in [0.1, 0.15) is 5.75 Å². The van der Waals surface area contributed by atoms with Gasteiger partial charge in [0.15, 0.2) is 6.29 Å². The zero-order valence-electron chi connectivity index (χ0n) is 14.3. The van der Waals surface area contributed by atoms with Crippen LogP contribution in [0.15, 0.2) is 23.3 Å². The Kier molecular flexibility index (Phi) is 11.2. The molecule has 0 bridgehead atoms. The summed E-state index contributed by atoms with van der Waals surface area (Å²) in [6, 6.07) is 4.05. The second-order valence-electron chi connectivity index (χ2n) is 4.94. The molecule has 0 fully saturated rings. The fraction of sp³-hybridized carbons (Fsp3) is 0.500. The maximum absolute atomic E-state index is 11.9. The highest BCUT2D eigenvalue weighted by molar-refractivity contribution is 5.96. The van der Waals surface area contributed by atoms with Crippen LogP contribution < -0.4 is 5.32 Å². The summed E-state index contributed by atoms with van der Waals surface area (Å²) in [5.41, 5.74) is 8.42. The first-order valence-corrected chi connectivity index (χ1v) is 7.99. The van der Waals surface area contributed by atoms with Crippen LogP contribution in [0.3, 0.4) is 0 Å². The van der Waals surface area contributed by atoms with E-state index in [2.05, 4.69) is 15.3 Å². The van der Waals surface area contributed by atoms with E-state index in [1.54, 1.807) is 0 Å². The zero-order chi connectivity index (χ0) is 19.0. The molecule has 0 saturated heterocycles. The molecule has 1 rings (SSSR count). The quantitative estimate of drug-likeness (QED) is 0.167. The highest BCUT2D eigenvalue weighted by Gasteiger charge is 2.08. The molecule has 26 heavy (non-hydrogen) atoms. The maximum atomic E-state index is 11.9. The number of rotatable bonds is 14. The number of nitrogens with one attached hydrogen (secondary N) is 1. The van der Waals surface area contributed by atoms with Crippen LogP contribution in [0.1, 0.15) is 20.7 Å². The van der Waals surface area contributed by atoms with Crippen LogP contribution >= 0.6 is 0 Å².